The first kappa shape index (κ1) is 5.06. The minimum atomic E-state index is -0.477. The van der Waals surface area contributed by atoms with Crippen molar-refractivity contribution in [1.82, 2.24) is 0 Å². The number of rotatable bonds is 0. The van der Waals surface area contributed by atoms with Gasteiger partial charge in [-0.25, -0.2) is 0 Å². The third-order valence-electron chi connectivity index (χ3n) is 1.18. The maximum absolute atomic E-state index is 8.68. The minimum Gasteiger partial charge on any atom is -0.368 e. The zero-order valence-electron chi connectivity index (χ0n) is 4.42. The Kier molecular flexibility index (Phi) is 1.30. The lowest BCUT2D eigenvalue weighted by molar-refractivity contribution is -0.0591. The molecule has 0 saturated carbocycles. The molecule has 1 unspecified atom stereocenters. The maximum atomic E-state index is 8.68. The van der Waals surface area contributed by atoms with Gasteiger partial charge < -0.3 is 9.84 Å². The fraction of sp³-hybridized carbons (Fsp3) is 1.00. The molecule has 0 aliphatic carbocycles. The highest BCUT2D eigenvalue weighted by Gasteiger charge is 2.18. The van der Waals surface area contributed by atoms with Crippen LogP contribution in [-0.4, -0.2) is 18.0 Å². The highest BCUT2D eigenvalue weighted by Crippen LogP contribution is 2.15. The second-order valence-corrected chi connectivity index (χ2v) is 2.13. The lowest BCUT2D eigenvalue weighted by Crippen LogP contribution is -2.00. The Hall–Kier alpha value is -0.0800. The lowest BCUT2D eigenvalue weighted by Gasteiger charge is -1.94. The molecule has 1 N–H and O–H groups in total. The number of aliphatic hydroxyl groups is 1. The number of ether oxygens (including phenoxy) is 1. The van der Waals surface area contributed by atoms with Gasteiger partial charge in [-0.2, -0.15) is 0 Å². The van der Waals surface area contributed by atoms with Crippen LogP contribution in [-0.2, 0) is 4.74 Å². The van der Waals surface area contributed by atoms with Gasteiger partial charge in [-0.05, 0) is 5.92 Å². The van der Waals surface area contributed by atoms with Crippen LogP contribution in [0.4, 0.5) is 0 Å². The van der Waals surface area contributed by atoms with E-state index in [1.807, 2.05) is 0 Å². The lowest BCUT2D eigenvalue weighted by atomic mass is 10.1. The molecule has 1 aliphatic rings. The van der Waals surface area contributed by atoms with Gasteiger partial charge in [-0.3, -0.25) is 0 Å². The monoisotopic (exact) mass is 102 g/mol. The van der Waals surface area contributed by atoms with Crippen LogP contribution in [0.25, 0.3) is 0 Å². The maximum Gasteiger partial charge on any atom is 0.154 e. The third kappa shape index (κ3) is 1.14. The normalized spacial score (nSPS) is 42.0. The standard InChI is InChI=1S/C5H10O2/c1-4-2-5(6)7-3-4/h4-6H,2-3H2,1H3/t4-,5?/m0/s1. The van der Waals surface area contributed by atoms with Crippen LogP contribution in [0.2, 0.25) is 0 Å². The Labute approximate surface area is 43.1 Å². The molecule has 0 radical (unpaired) electrons. The zero-order chi connectivity index (χ0) is 5.28. The van der Waals surface area contributed by atoms with Crippen molar-refractivity contribution in [2.24, 2.45) is 5.92 Å². The van der Waals surface area contributed by atoms with E-state index in [4.69, 9.17) is 9.84 Å². The van der Waals surface area contributed by atoms with E-state index in [9.17, 15) is 0 Å². The van der Waals surface area contributed by atoms with Crippen molar-refractivity contribution >= 4 is 0 Å². The van der Waals surface area contributed by atoms with Crippen LogP contribution < -0.4 is 0 Å². The smallest absolute Gasteiger partial charge is 0.154 e. The molecule has 2 nitrogen and oxygen atoms in total. The molecule has 1 aliphatic heterocycles. The van der Waals surface area contributed by atoms with E-state index in [1.165, 1.54) is 0 Å². The molecule has 0 aromatic heterocycles. The second kappa shape index (κ2) is 1.80. The van der Waals surface area contributed by atoms with E-state index in [0.717, 1.165) is 13.0 Å². The summed E-state index contributed by atoms with van der Waals surface area (Å²) in [5.74, 6) is 0.551. The summed E-state index contributed by atoms with van der Waals surface area (Å²) in [7, 11) is 0. The Morgan fingerprint density at radius 1 is 1.71 bits per heavy atom. The van der Waals surface area contributed by atoms with E-state index in [0.29, 0.717) is 5.92 Å². The zero-order valence-corrected chi connectivity index (χ0v) is 4.42. The summed E-state index contributed by atoms with van der Waals surface area (Å²) >= 11 is 0. The first-order valence-electron chi connectivity index (χ1n) is 2.58. The van der Waals surface area contributed by atoms with E-state index in [2.05, 4.69) is 6.92 Å². The van der Waals surface area contributed by atoms with Crippen LogP contribution >= 0.6 is 0 Å². The highest BCUT2D eigenvalue weighted by atomic mass is 16.6. The predicted octanol–water partition coefficient (Wildman–Crippen LogP) is 0.361. The van der Waals surface area contributed by atoms with Gasteiger partial charge in [0, 0.05) is 6.42 Å². The summed E-state index contributed by atoms with van der Waals surface area (Å²) in [6.45, 7) is 2.79. The van der Waals surface area contributed by atoms with Gasteiger partial charge >= 0.3 is 0 Å². The van der Waals surface area contributed by atoms with Crippen molar-refractivity contribution in [3.05, 3.63) is 0 Å². The van der Waals surface area contributed by atoms with Gasteiger partial charge in [0.2, 0.25) is 0 Å². The fourth-order valence-corrected chi connectivity index (χ4v) is 0.756. The van der Waals surface area contributed by atoms with E-state index in [1.54, 1.807) is 0 Å². The molecule has 1 rings (SSSR count). The van der Waals surface area contributed by atoms with Gasteiger partial charge in [0.05, 0.1) is 6.61 Å². The Morgan fingerprint density at radius 3 is 2.57 bits per heavy atom. The summed E-state index contributed by atoms with van der Waals surface area (Å²) in [5.41, 5.74) is 0. The van der Waals surface area contributed by atoms with Crippen molar-refractivity contribution in [2.45, 2.75) is 19.6 Å². The first-order valence-corrected chi connectivity index (χ1v) is 2.58. The highest BCUT2D eigenvalue weighted by molar-refractivity contribution is 4.60. The van der Waals surface area contributed by atoms with Gasteiger partial charge in [0.25, 0.3) is 0 Å². The molecule has 0 bridgehead atoms. The van der Waals surface area contributed by atoms with Crippen molar-refractivity contribution in [1.29, 1.82) is 0 Å². The van der Waals surface area contributed by atoms with E-state index < -0.39 is 6.29 Å². The second-order valence-electron chi connectivity index (χ2n) is 2.13. The molecule has 1 fully saturated rings. The number of hydrogen-bond acceptors (Lipinski definition) is 2. The van der Waals surface area contributed by atoms with E-state index >= 15 is 0 Å². The Morgan fingerprint density at radius 2 is 2.43 bits per heavy atom. The van der Waals surface area contributed by atoms with Crippen LogP contribution in [0.5, 0.6) is 0 Å². The molecule has 2 heteroatoms. The molecular formula is C5H10O2. The van der Waals surface area contributed by atoms with Crippen LogP contribution in [0, 0.1) is 5.92 Å². The molecule has 42 valence electrons. The Balaban J connectivity index is 2.26. The van der Waals surface area contributed by atoms with Crippen molar-refractivity contribution in [3.63, 3.8) is 0 Å². The minimum absolute atomic E-state index is 0.477. The largest absolute Gasteiger partial charge is 0.368 e. The van der Waals surface area contributed by atoms with Crippen LogP contribution in [0.3, 0.4) is 0 Å². The molecule has 0 amide bonds. The predicted molar refractivity (Wildman–Crippen MR) is 25.7 cm³/mol. The third-order valence-corrected chi connectivity index (χ3v) is 1.18. The number of hydrogen-bond donors (Lipinski definition) is 1. The van der Waals surface area contributed by atoms with E-state index in [-0.39, 0.29) is 0 Å². The molecule has 1 heterocycles. The molecular weight excluding hydrogens is 92.1 g/mol. The van der Waals surface area contributed by atoms with Gasteiger partial charge in [-0.15, -0.1) is 0 Å². The van der Waals surface area contributed by atoms with Crippen LogP contribution in [0.1, 0.15) is 13.3 Å². The summed E-state index contributed by atoms with van der Waals surface area (Å²) in [6.07, 6.45) is 0.329. The number of aliphatic hydroxyl groups excluding tert-OH is 1. The van der Waals surface area contributed by atoms with Gasteiger partial charge in [0.15, 0.2) is 6.29 Å². The van der Waals surface area contributed by atoms with Crippen molar-refractivity contribution in [2.75, 3.05) is 6.61 Å². The summed E-state index contributed by atoms with van der Waals surface area (Å²) in [4.78, 5) is 0. The van der Waals surface area contributed by atoms with Gasteiger partial charge in [0.1, 0.15) is 0 Å². The quantitative estimate of drug-likeness (QED) is 0.478. The van der Waals surface area contributed by atoms with Crippen molar-refractivity contribution < 1.29 is 9.84 Å². The average molecular weight is 102 g/mol. The Bertz CT molecular complexity index is 55.1. The average Bonchev–Trinajstić information content (AvgIpc) is 1.87. The summed E-state index contributed by atoms with van der Waals surface area (Å²) in [5, 5.41) is 8.68. The SMILES string of the molecule is C[C@@H]1COC(O)C1. The topological polar surface area (TPSA) is 29.5 Å². The van der Waals surface area contributed by atoms with Gasteiger partial charge in [-0.1, -0.05) is 6.92 Å². The summed E-state index contributed by atoms with van der Waals surface area (Å²) < 4.78 is 4.82. The molecule has 0 aromatic rings. The molecule has 0 spiro atoms. The van der Waals surface area contributed by atoms with Crippen molar-refractivity contribution in [3.8, 4) is 0 Å². The fourth-order valence-electron chi connectivity index (χ4n) is 0.756. The first-order chi connectivity index (χ1) is 3.29. The van der Waals surface area contributed by atoms with Crippen LogP contribution in [0.15, 0.2) is 0 Å². The summed E-state index contributed by atoms with van der Waals surface area (Å²) in [6, 6.07) is 0. The molecule has 2 atom stereocenters. The molecule has 1 saturated heterocycles. The molecule has 7 heavy (non-hydrogen) atoms. The molecule has 0 aromatic carbocycles.